The van der Waals surface area contributed by atoms with Crippen molar-refractivity contribution in [1.82, 2.24) is 5.32 Å². The van der Waals surface area contributed by atoms with Gasteiger partial charge in [0, 0.05) is 6.42 Å². The number of halogens is 1. The zero-order valence-corrected chi connectivity index (χ0v) is 11.5. The summed E-state index contributed by atoms with van der Waals surface area (Å²) in [5.74, 6) is -0.235. The third-order valence-electron chi connectivity index (χ3n) is 3.31. The standard InChI is InChI=1S/C14H12ClNO2S/c15-10-5-6-19-13(10)14(18)16-12-9-4-2-1-3-8(9)7-11(12)17/h1-6,11-12,17H,7H2,(H,16,18). The van der Waals surface area contributed by atoms with Crippen LogP contribution in [0, 0.1) is 0 Å². The van der Waals surface area contributed by atoms with Gasteiger partial charge < -0.3 is 10.4 Å². The highest BCUT2D eigenvalue weighted by molar-refractivity contribution is 7.12. The minimum atomic E-state index is -0.583. The number of amides is 1. The Balaban J connectivity index is 1.84. The quantitative estimate of drug-likeness (QED) is 0.894. The van der Waals surface area contributed by atoms with E-state index in [2.05, 4.69) is 5.32 Å². The van der Waals surface area contributed by atoms with E-state index in [1.807, 2.05) is 24.3 Å². The number of carbonyl (C=O) groups excluding carboxylic acids is 1. The first-order valence-corrected chi connectivity index (χ1v) is 7.22. The van der Waals surface area contributed by atoms with Gasteiger partial charge in [0.25, 0.3) is 5.91 Å². The summed E-state index contributed by atoms with van der Waals surface area (Å²) in [6, 6.07) is 9.09. The molecular formula is C14H12ClNO2S. The Morgan fingerprint density at radius 3 is 2.89 bits per heavy atom. The van der Waals surface area contributed by atoms with Crippen LogP contribution >= 0.6 is 22.9 Å². The van der Waals surface area contributed by atoms with Crippen molar-refractivity contribution in [2.45, 2.75) is 18.6 Å². The molecule has 2 unspecified atom stereocenters. The molecule has 1 heterocycles. The van der Waals surface area contributed by atoms with Gasteiger partial charge in [-0.3, -0.25) is 4.79 Å². The summed E-state index contributed by atoms with van der Waals surface area (Å²) in [6.07, 6.45) is -0.0145. The van der Waals surface area contributed by atoms with Crippen LogP contribution in [0.1, 0.15) is 26.8 Å². The molecule has 19 heavy (non-hydrogen) atoms. The third-order valence-corrected chi connectivity index (χ3v) is 4.65. The second kappa shape index (κ2) is 4.96. The third kappa shape index (κ3) is 2.27. The van der Waals surface area contributed by atoms with E-state index in [9.17, 15) is 9.90 Å². The summed E-state index contributed by atoms with van der Waals surface area (Å²) in [5.41, 5.74) is 2.06. The summed E-state index contributed by atoms with van der Waals surface area (Å²) in [6.45, 7) is 0. The Hall–Kier alpha value is -1.36. The number of rotatable bonds is 2. The number of thiophene rings is 1. The number of hydrogen-bond acceptors (Lipinski definition) is 3. The van der Waals surface area contributed by atoms with E-state index in [0.29, 0.717) is 16.3 Å². The van der Waals surface area contributed by atoms with Crippen LogP contribution in [0.5, 0.6) is 0 Å². The molecule has 0 bridgehead atoms. The number of aliphatic hydroxyl groups is 1. The van der Waals surface area contributed by atoms with Crippen molar-refractivity contribution in [2.75, 3.05) is 0 Å². The number of benzene rings is 1. The predicted molar refractivity (Wildman–Crippen MR) is 75.7 cm³/mol. The van der Waals surface area contributed by atoms with E-state index >= 15 is 0 Å². The predicted octanol–water partition coefficient (Wildman–Crippen LogP) is 2.79. The van der Waals surface area contributed by atoms with Crippen molar-refractivity contribution in [3.05, 3.63) is 56.7 Å². The molecule has 1 aliphatic carbocycles. The summed E-state index contributed by atoms with van der Waals surface area (Å²) >= 11 is 7.24. The Morgan fingerprint density at radius 2 is 2.16 bits per heavy atom. The first-order valence-electron chi connectivity index (χ1n) is 5.96. The monoisotopic (exact) mass is 293 g/mol. The Kier molecular flexibility index (Phi) is 3.31. The van der Waals surface area contributed by atoms with E-state index in [4.69, 9.17) is 11.6 Å². The molecule has 2 N–H and O–H groups in total. The topological polar surface area (TPSA) is 49.3 Å². The van der Waals surface area contributed by atoms with Crippen molar-refractivity contribution < 1.29 is 9.90 Å². The molecule has 1 amide bonds. The van der Waals surface area contributed by atoms with E-state index in [1.165, 1.54) is 11.3 Å². The molecule has 0 saturated carbocycles. The van der Waals surface area contributed by atoms with Gasteiger partial charge in [-0.25, -0.2) is 0 Å². The van der Waals surface area contributed by atoms with Gasteiger partial charge in [-0.1, -0.05) is 35.9 Å². The lowest BCUT2D eigenvalue weighted by Crippen LogP contribution is -2.33. The number of fused-ring (bicyclic) bond motifs is 1. The first kappa shape index (κ1) is 12.7. The van der Waals surface area contributed by atoms with Gasteiger partial charge in [-0.15, -0.1) is 11.3 Å². The Labute approximate surface area is 119 Å². The number of aliphatic hydroxyl groups excluding tert-OH is 1. The fourth-order valence-corrected chi connectivity index (χ4v) is 3.45. The van der Waals surface area contributed by atoms with E-state index < -0.39 is 6.10 Å². The lowest BCUT2D eigenvalue weighted by Gasteiger charge is -2.17. The second-order valence-electron chi connectivity index (χ2n) is 4.52. The molecule has 0 saturated heterocycles. The molecule has 0 fully saturated rings. The maximum atomic E-state index is 12.1. The van der Waals surface area contributed by atoms with Crippen LogP contribution in [0.2, 0.25) is 5.02 Å². The van der Waals surface area contributed by atoms with E-state index in [-0.39, 0.29) is 11.9 Å². The highest BCUT2D eigenvalue weighted by Crippen LogP contribution is 2.32. The average Bonchev–Trinajstić information content (AvgIpc) is 2.94. The van der Waals surface area contributed by atoms with Gasteiger partial charge in [-0.2, -0.15) is 0 Å². The molecule has 5 heteroatoms. The van der Waals surface area contributed by atoms with E-state index in [1.54, 1.807) is 11.4 Å². The molecule has 3 nitrogen and oxygen atoms in total. The van der Waals surface area contributed by atoms with Crippen LogP contribution in [0.25, 0.3) is 0 Å². The number of nitrogens with one attached hydrogen (secondary N) is 1. The van der Waals surface area contributed by atoms with Crippen molar-refractivity contribution in [3.63, 3.8) is 0 Å². The van der Waals surface area contributed by atoms with Crippen molar-refractivity contribution >= 4 is 28.8 Å². The first-order chi connectivity index (χ1) is 9.16. The van der Waals surface area contributed by atoms with Crippen LogP contribution in [0.4, 0.5) is 0 Å². The smallest absolute Gasteiger partial charge is 0.263 e. The van der Waals surface area contributed by atoms with Crippen molar-refractivity contribution in [3.8, 4) is 0 Å². The Morgan fingerprint density at radius 1 is 1.37 bits per heavy atom. The second-order valence-corrected chi connectivity index (χ2v) is 5.84. The lowest BCUT2D eigenvalue weighted by molar-refractivity contribution is 0.0862. The number of carbonyl (C=O) groups is 1. The van der Waals surface area contributed by atoms with Gasteiger partial charge in [-0.05, 0) is 22.6 Å². The summed E-state index contributed by atoms with van der Waals surface area (Å²) in [7, 11) is 0. The highest BCUT2D eigenvalue weighted by Gasteiger charge is 2.32. The van der Waals surface area contributed by atoms with Crippen molar-refractivity contribution in [2.24, 2.45) is 0 Å². The largest absolute Gasteiger partial charge is 0.390 e. The molecular weight excluding hydrogens is 282 g/mol. The highest BCUT2D eigenvalue weighted by atomic mass is 35.5. The van der Waals surface area contributed by atoms with E-state index in [0.717, 1.165) is 11.1 Å². The molecule has 1 aromatic carbocycles. The van der Waals surface area contributed by atoms with Crippen LogP contribution in [-0.2, 0) is 6.42 Å². The fraction of sp³-hybridized carbons (Fsp3) is 0.214. The fourth-order valence-electron chi connectivity index (χ4n) is 2.41. The van der Waals surface area contributed by atoms with Gasteiger partial charge in [0.1, 0.15) is 4.88 Å². The zero-order valence-electron chi connectivity index (χ0n) is 9.97. The molecule has 1 aromatic heterocycles. The molecule has 1 aliphatic rings. The molecule has 2 aromatic rings. The summed E-state index contributed by atoms with van der Waals surface area (Å²) in [4.78, 5) is 12.6. The van der Waals surface area contributed by atoms with Gasteiger partial charge in [0.15, 0.2) is 0 Å². The minimum Gasteiger partial charge on any atom is -0.390 e. The normalized spacial score (nSPS) is 21.2. The maximum Gasteiger partial charge on any atom is 0.263 e. The number of hydrogen-bond donors (Lipinski definition) is 2. The molecule has 2 atom stereocenters. The zero-order chi connectivity index (χ0) is 13.4. The summed E-state index contributed by atoms with van der Waals surface area (Å²) in [5, 5.41) is 15.2. The molecule has 98 valence electrons. The maximum absolute atomic E-state index is 12.1. The van der Waals surface area contributed by atoms with Crippen molar-refractivity contribution in [1.29, 1.82) is 0 Å². The van der Waals surface area contributed by atoms with Crippen LogP contribution in [-0.4, -0.2) is 17.1 Å². The Bertz CT molecular complexity index is 625. The SMILES string of the molecule is O=C(NC1c2ccccc2CC1O)c1sccc1Cl. The molecule has 0 radical (unpaired) electrons. The van der Waals surface area contributed by atoms with Crippen LogP contribution < -0.4 is 5.32 Å². The lowest BCUT2D eigenvalue weighted by atomic mass is 10.1. The average molecular weight is 294 g/mol. The van der Waals surface area contributed by atoms with Crippen LogP contribution in [0.3, 0.4) is 0 Å². The van der Waals surface area contributed by atoms with Gasteiger partial charge in [0.2, 0.25) is 0 Å². The minimum absolute atomic E-state index is 0.235. The molecule has 3 rings (SSSR count). The van der Waals surface area contributed by atoms with Crippen LogP contribution in [0.15, 0.2) is 35.7 Å². The molecule has 0 spiro atoms. The van der Waals surface area contributed by atoms with Gasteiger partial charge >= 0.3 is 0 Å². The summed E-state index contributed by atoms with van der Waals surface area (Å²) < 4.78 is 0. The van der Waals surface area contributed by atoms with Gasteiger partial charge in [0.05, 0.1) is 17.2 Å². The molecule has 0 aliphatic heterocycles.